The van der Waals surface area contributed by atoms with E-state index in [4.69, 9.17) is 0 Å². The molecule has 36 heavy (non-hydrogen) atoms. The minimum Gasteiger partial charge on any atom is -1.00 e. The number of rotatable bonds is 2. The van der Waals surface area contributed by atoms with Crippen LogP contribution >= 0.6 is 0 Å². The summed E-state index contributed by atoms with van der Waals surface area (Å²) in [7, 11) is 0. The Balaban J connectivity index is 0.000000357. The van der Waals surface area contributed by atoms with Gasteiger partial charge in [-0.2, -0.15) is 29.8 Å². The molecule has 0 N–H and O–H groups in total. The first kappa shape index (κ1) is 31.5. The summed E-state index contributed by atoms with van der Waals surface area (Å²) in [5, 5.41) is 0. The van der Waals surface area contributed by atoms with Crippen molar-refractivity contribution < 1.29 is 49.0 Å². The normalized spacial score (nSPS) is 17.9. The third-order valence-electron chi connectivity index (χ3n) is 7.54. The molecule has 0 atom stereocenters. The summed E-state index contributed by atoms with van der Waals surface area (Å²) in [5.74, 6) is 1.57. The van der Waals surface area contributed by atoms with Crippen molar-refractivity contribution >= 4 is 3.21 Å². The molecule has 0 aliphatic heterocycles. The summed E-state index contributed by atoms with van der Waals surface area (Å²) in [6.07, 6.45) is 25.1. The average Bonchev–Trinajstić information content (AvgIpc) is 3.56. The fraction of sp³-hybridized carbons (Fsp3) is 0.485. The first-order valence-corrected chi connectivity index (χ1v) is 14.8. The van der Waals surface area contributed by atoms with E-state index >= 15 is 0 Å². The van der Waals surface area contributed by atoms with Crippen LogP contribution in [0.3, 0.4) is 0 Å². The second kappa shape index (κ2) is 16.3. The molecule has 0 radical (unpaired) electrons. The SMILES string of the molecule is C[C](C)=[Zr+2].[C-]1=CC=CC1.[Cl-].[Cl-].[c-]1c(C2CCCCC2)ccc2c1Cc1cc(C3CCCCC3)ccc1-2. The van der Waals surface area contributed by atoms with Crippen molar-refractivity contribution in [3.8, 4) is 11.1 Å². The zero-order valence-electron chi connectivity index (χ0n) is 22.0. The van der Waals surface area contributed by atoms with Gasteiger partial charge in [0.1, 0.15) is 0 Å². The molecule has 0 bridgehead atoms. The van der Waals surface area contributed by atoms with Gasteiger partial charge in [0.2, 0.25) is 0 Å². The Bertz CT molecular complexity index is 944. The molecule has 2 saturated carbocycles. The van der Waals surface area contributed by atoms with Crippen LogP contribution in [-0.2, 0) is 30.7 Å². The van der Waals surface area contributed by atoms with Gasteiger partial charge in [-0.15, -0.1) is 17.5 Å². The van der Waals surface area contributed by atoms with Crippen LogP contribution in [0.15, 0.2) is 48.6 Å². The van der Waals surface area contributed by atoms with Crippen molar-refractivity contribution in [1.29, 1.82) is 0 Å². The second-order valence-electron chi connectivity index (χ2n) is 10.6. The molecule has 0 aromatic heterocycles. The largest absolute Gasteiger partial charge is 1.00 e. The van der Waals surface area contributed by atoms with E-state index in [0.717, 1.165) is 24.7 Å². The molecule has 3 heteroatoms. The van der Waals surface area contributed by atoms with E-state index in [9.17, 15) is 0 Å². The van der Waals surface area contributed by atoms with Gasteiger partial charge in [0.15, 0.2) is 0 Å². The molecule has 0 heterocycles. The van der Waals surface area contributed by atoms with E-state index in [1.54, 1.807) is 35.4 Å². The van der Waals surface area contributed by atoms with Crippen LogP contribution in [0.4, 0.5) is 0 Å². The van der Waals surface area contributed by atoms with Crippen molar-refractivity contribution in [2.24, 2.45) is 0 Å². The van der Waals surface area contributed by atoms with E-state index in [2.05, 4.69) is 62.4 Å². The van der Waals surface area contributed by atoms with Crippen LogP contribution in [0.5, 0.6) is 0 Å². The van der Waals surface area contributed by atoms with Gasteiger partial charge in [0, 0.05) is 0 Å². The summed E-state index contributed by atoms with van der Waals surface area (Å²) < 4.78 is 1.51. The third-order valence-corrected chi connectivity index (χ3v) is 7.54. The van der Waals surface area contributed by atoms with Gasteiger partial charge in [-0.3, -0.25) is 6.08 Å². The third kappa shape index (κ3) is 8.93. The van der Waals surface area contributed by atoms with Crippen LogP contribution in [0, 0.1) is 12.1 Å². The van der Waals surface area contributed by atoms with E-state index in [1.807, 2.05) is 12.2 Å². The Morgan fingerprint density at radius 3 is 1.97 bits per heavy atom. The number of halogens is 2. The van der Waals surface area contributed by atoms with Crippen molar-refractivity contribution in [2.75, 3.05) is 0 Å². The fourth-order valence-electron chi connectivity index (χ4n) is 5.84. The molecule has 0 saturated heterocycles. The molecule has 0 spiro atoms. The first-order valence-electron chi connectivity index (χ1n) is 13.5. The van der Waals surface area contributed by atoms with E-state index in [0.29, 0.717) is 0 Å². The molecular formula is C33H40Cl2Zr-2. The summed E-state index contributed by atoms with van der Waals surface area (Å²) in [6.45, 7) is 4.25. The summed E-state index contributed by atoms with van der Waals surface area (Å²) in [6, 6.07) is 16.0. The topological polar surface area (TPSA) is 0 Å². The molecule has 0 unspecified atom stereocenters. The standard InChI is InChI=1S/C25H29.C5H5.C3H6.2ClH.Zr/c1-3-7-18(8-4-1)20-11-13-24-22(15-20)17-23-16-21(12-14-25(23)24)19-9-5-2-6-10-19;1-2-4-5-3-1;1-3-2;;;/h11-15,18-19H,1-10,17H2;1-3H,4H2;1-2H3;2*1H;/q2*-1;;;;+2/p-2. The molecule has 2 fully saturated rings. The van der Waals surface area contributed by atoms with Crippen LogP contribution < -0.4 is 24.8 Å². The van der Waals surface area contributed by atoms with E-state index < -0.39 is 0 Å². The maximum absolute atomic E-state index is 3.84. The zero-order valence-corrected chi connectivity index (χ0v) is 26.0. The van der Waals surface area contributed by atoms with Crippen molar-refractivity contribution in [3.05, 3.63) is 83.0 Å². The predicted molar refractivity (Wildman–Crippen MR) is 143 cm³/mol. The van der Waals surface area contributed by atoms with E-state index in [1.165, 1.54) is 89.7 Å². The minimum absolute atomic E-state index is 0. The Morgan fingerprint density at radius 1 is 0.806 bits per heavy atom. The van der Waals surface area contributed by atoms with Gasteiger partial charge < -0.3 is 24.8 Å². The Kier molecular flexibility index (Phi) is 14.2. The molecule has 192 valence electrons. The summed E-state index contributed by atoms with van der Waals surface area (Å²) >= 11 is 1.55. The maximum Gasteiger partial charge on any atom is -0.0162 e. The summed E-state index contributed by atoms with van der Waals surface area (Å²) in [4.78, 5) is 0. The quantitative estimate of drug-likeness (QED) is 0.398. The van der Waals surface area contributed by atoms with Crippen molar-refractivity contribution in [2.45, 2.75) is 103 Å². The molecular weight excluding hydrogens is 558 g/mol. The first-order chi connectivity index (χ1) is 16.6. The van der Waals surface area contributed by atoms with Gasteiger partial charge in [-0.25, -0.2) is 12.2 Å². The Hall–Kier alpha value is -0.747. The molecule has 0 amide bonds. The van der Waals surface area contributed by atoms with Gasteiger partial charge >= 0.3 is 41.3 Å². The van der Waals surface area contributed by atoms with Crippen molar-refractivity contribution in [3.63, 3.8) is 0 Å². The predicted octanol–water partition coefficient (Wildman–Crippen LogP) is 3.21. The molecule has 4 aliphatic rings. The Morgan fingerprint density at radius 2 is 1.42 bits per heavy atom. The number of hydrogen-bond donors (Lipinski definition) is 0. The monoisotopic (exact) mass is 596 g/mol. The molecule has 4 aliphatic carbocycles. The molecule has 0 nitrogen and oxygen atoms in total. The number of benzene rings is 2. The van der Waals surface area contributed by atoms with Crippen LogP contribution in [0.25, 0.3) is 11.1 Å². The second-order valence-corrected chi connectivity index (χ2v) is 13.0. The molecule has 2 aromatic rings. The van der Waals surface area contributed by atoms with Crippen LogP contribution in [0.1, 0.15) is 119 Å². The molecule has 6 rings (SSSR count). The average molecular weight is 599 g/mol. The van der Waals surface area contributed by atoms with Crippen LogP contribution in [-0.4, -0.2) is 3.21 Å². The number of fused-ring (bicyclic) bond motifs is 3. The van der Waals surface area contributed by atoms with Gasteiger partial charge in [-0.05, 0) is 55.1 Å². The van der Waals surface area contributed by atoms with E-state index in [-0.39, 0.29) is 24.8 Å². The number of hydrogen-bond acceptors (Lipinski definition) is 0. The van der Waals surface area contributed by atoms with Gasteiger partial charge in [0.25, 0.3) is 0 Å². The zero-order chi connectivity index (χ0) is 23.8. The minimum atomic E-state index is 0. The van der Waals surface area contributed by atoms with Gasteiger partial charge in [0.05, 0.1) is 0 Å². The number of allylic oxidation sites excluding steroid dienone is 4. The van der Waals surface area contributed by atoms with Crippen LogP contribution in [0.2, 0.25) is 0 Å². The summed E-state index contributed by atoms with van der Waals surface area (Å²) in [5.41, 5.74) is 9.01. The Labute approximate surface area is 247 Å². The fourth-order valence-corrected chi connectivity index (χ4v) is 5.84. The van der Waals surface area contributed by atoms with Gasteiger partial charge in [-0.1, -0.05) is 62.3 Å². The molecule has 2 aromatic carbocycles. The smallest absolute Gasteiger partial charge is 0.0162 e. The maximum atomic E-state index is 3.84. The van der Waals surface area contributed by atoms with Crippen molar-refractivity contribution in [1.82, 2.24) is 0 Å².